The second-order valence-corrected chi connectivity index (χ2v) is 6.60. The van der Waals surface area contributed by atoms with Crippen molar-refractivity contribution in [1.82, 2.24) is 9.55 Å². The molecule has 0 aliphatic heterocycles. The molecule has 1 unspecified atom stereocenters. The molecule has 0 radical (unpaired) electrons. The summed E-state index contributed by atoms with van der Waals surface area (Å²) in [6, 6.07) is 3.28. The van der Waals surface area contributed by atoms with Crippen molar-refractivity contribution >= 4 is 35.4 Å². The number of thiophene rings is 1. The van der Waals surface area contributed by atoms with Crippen LogP contribution in [0, 0.1) is 0 Å². The van der Waals surface area contributed by atoms with Crippen molar-refractivity contribution in [3.63, 3.8) is 0 Å². The Bertz CT molecular complexity index is 891. The highest BCUT2D eigenvalue weighted by molar-refractivity contribution is 7.15. The molecule has 1 atom stereocenters. The van der Waals surface area contributed by atoms with Crippen molar-refractivity contribution in [2.45, 2.75) is 26.7 Å². The lowest BCUT2D eigenvalue weighted by Crippen LogP contribution is -2.21. The minimum Gasteiger partial charge on any atom is -0.482 e. The Kier molecular flexibility index (Phi) is 11.6. The fourth-order valence-electron chi connectivity index (χ4n) is 1.84. The largest absolute Gasteiger partial charge is 0.511 e. The molecule has 2 aromatic heterocycles. The van der Waals surface area contributed by atoms with Gasteiger partial charge in [0.2, 0.25) is 6.29 Å². The molecule has 0 bridgehead atoms. The van der Waals surface area contributed by atoms with Gasteiger partial charge in [-0.25, -0.2) is 24.2 Å². The Morgan fingerprint density at radius 2 is 1.84 bits per heavy atom. The maximum Gasteiger partial charge on any atom is 0.511 e. The van der Waals surface area contributed by atoms with Crippen molar-refractivity contribution in [2.75, 3.05) is 13.2 Å². The van der Waals surface area contributed by atoms with Crippen LogP contribution in [0.15, 0.2) is 43.0 Å². The van der Waals surface area contributed by atoms with Crippen LogP contribution in [0.2, 0.25) is 0 Å². The predicted molar refractivity (Wildman–Crippen MR) is 109 cm³/mol. The number of esters is 1. The molecule has 2 aromatic rings. The monoisotopic (exact) mass is 470 g/mol. The first kappa shape index (κ1) is 26.2. The molecule has 12 nitrogen and oxygen atoms in total. The van der Waals surface area contributed by atoms with Gasteiger partial charge in [0.1, 0.15) is 11.5 Å². The van der Waals surface area contributed by atoms with Crippen molar-refractivity contribution < 1.29 is 48.3 Å². The third-order valence-corrected chi connectivity index (χ3v) is 4.08. The lowest BCUT2D eigenvalue weighted by Gasteiger charge is -2.12. The van der Waals surface area contributed by atoms with Gasteiger partial charge in [-0.15, -0.1) is 0 Å². The van der Waals surface area contributed by atoms with E-state index >= 15 is 0 Å². The second kappa shape index (κ2) is 14.2. The highest BCUT2D eigenvalue weighted by atomic mass is 32.1. The highest BCUT2D eigenvalue weighted by Crippen LogP contribution is 2.25. The van der Waals surface area contributed by atoms with Gasteiger partial charge in [0.15, 0.2) is 5.06 Å². The van der Waals surface area contributed by atoms with Gasteiger partial charge < -0.3 is 33.7 Å². The molecule has 2 rings (SSSR count). The van der Waals surface area contributed by atoms with E-state index in [0.717, 1.165) is 11.3 Å². The zero-order chi connectivity index (χ0) is 23.9. The van der Waals surface area contributed by atoms with Crippen molar-refractivity contribution in [3.8, 4) is 5.06 Å². The lowest BCUT2D eigenvalue weighted by molar-refractivity contribution is -0.134. The number of aromatic nitrogens is 2. The molecule has 32 heavy (non-hydrogen) atoms. The average molecular weight is 470 g/mol. The molecule has 0 aliphatic rings. The Morgan fingerprint density at radius 3 is 2.41 bits per heavy atom. The fourth-order valence-corrected chi connectivity index (χ4v) is 2.60. The van der Waals surface area contributed by atoms with E-state index in [0.29, 0.717) is 35.2 Å². The highest BCUT2D eigenvalue weighted by Gasteiger charge is 2.18. The molecular formula is C19H22N2O10S. The van der Waals surface area contributed by atoms with E-state index in [1.165, 1.54) is 6.92 Å². The van der Waals surface area contributed by atoms with Gasteiger partial charge in [0, 0.05) is 31.5 Å². The van der Waals surface area contributed by atoms with E-state index in [9.17, 15) is 19.2 Å². The topological polar surface area (TPSA) is 163 Å². The molecule has 0 aliphatic carbocycles. The van der Waals surface area contributed by atoms with Crippen LogP contribution in [0.1, 0.15) is 23.5 Å². The first-order valence-corrected chi connectivity index (χ1v) is 9.89. The van der Waals surface area contributed by atoms with Gasteiger partial charge in [-0.05, 0) is 19.1 Å². The van der Waals surface area contributed by atoms with Gasteiger partial charge in [-0.1, -0.05) is 11.3 Å². The molecule has 0 fully saturated rings. The van der Waals surface area contributed by atoms with Crippen molar-refractivity contribution in [1.29, 1.82) is 0 Å². The van der Waals surface area contributed by atoms with E-state index in [1.807, 2.05) is 10.8 Å². The Balaban J connectivity index is 0.000000547. The summed E-state index contributed by atoms with van der Waals surface area (Å²) in [5.74, 6) is -3.11. The second-order valence-electron chi connectivity index (χ2n) is 5.55. The summed E-state index contributed by atoms with van der Waals surface area (Å²) in [5.41, 5.74) is 0. The number of carboxylic acid groups (broad SMARTS) is 2. The SMILES string of the molecule is CCOC(=O)OC(C)OC(=O)c1ccc(OCCn2ccnc2)s1.O=C(O)/C=C/C(=O)O. The summed E-state index contributed by atoms with van der Waals surface area (Å²) < 4.78 is 21.8. The number of carbonyl (C=O) groups is 4. The van der Waals surface area contributed by atoms with Gasteiger partial charge >= 0.3 is 24.1 Å². The van der Waals surface area contributed by atoms with E-state index in [1.54, 1.807) is 31.6 Å². The van der Waals surface area contributed by atoms with Crippen molar-refractivity contribution in [2.24, 2.45) is 0 Å². The van der Waals surface area contributed by atoms with Crippen LogP contribution in [0.25, 0.3) is 0 Å². The molecule has 0 saturated heterocycles. The van der Waals surface area contributed by atoms with Crippen LogP contribution in [0.3, 0.4) is 0 Å². The quantitative estimate of drug-likeness (QED) is 0.298. The third-order valence-electron chi connectivity index (χ3n) is 3.10. The molecule has 0 aromatic carbocycles. The number of imidazole rings is 1. The molecule has 2 heterocycles. The molecular weight excluding hydrogens is 448 g/mol. The van der Waals surface area contributed by atoms with E-state index in [2.05, 4.69) is 9.72 Å². The average Bonchev–Trinajstić information content (AvgIpc) is 3.39. The molecule has 2 N–H and O–H groups in total. The summed E-state index contributed by atoms with van der Waals surface area (Å²) in [7, 11) is 0. The van der Waals surface area contributed by atoms with Crippen LogP contribution in [0.5, 0.6) is 5.06 Å². The molecule has 0 amide bonds. The van der Waals surface area contributed by atoms with Gasteiger partial charge in [0.25, 0.3) is 0 Å². The lowest BCUT2D eigenvalue weighted by atomic mass is 10.5. The zero-order valence-electron chi connectivity index (χ0n) is 17.2. The number of nitrogens with zero attached hydrogens (tertiary/aromatic N) is 2. The van der Waals surface area contributed by atoms with Gasteiger partial charge in [0.05, 0.1) is 19.5 Å². The number of aliphatic carboxylic acids is 2. The smallest absolute Gasteiger partial charge is 0.482 e. The number of hydrogen-bond donors (Lipinski definition) is 2. The van der Waals surface area contributed by atoms with E-state index < -0.39 is 30.4 Å². The third kappa shape index (κ3) is 11.3. The maximum absolute atomic E-state index is 12.0. The maximum atomic E-state index is 12.0. The standard InChI is InChI=1S/C15H18N2O6S.C4H4O4/c1-3-20-15(19)23-11(2)22-14(18)12-4-5-13(24-12)21-9-8-17-7-6-16-10-17;5-3(6)1-2-4(7)8/h4-7,10-11H,3,8-9H2,1-2H3;1-2H,(H,5,6)(H,7,8)/b;2-1+. The number of hydrogen-bond acceptors (Lipinski definition) is 10. The van der Waals surface area contributed by atoms with Gasteiger partial charge in [-0.3, -0.25) is 0 Å². The number of carboxylic acids is 2. The molecule has 0 spiro atoms. The summed E-state index contributed by atoms with van der Waals surface area (Å²) in [5, 5.41) is 16.2. The first-order valence-electron chi connectivity index (χ1n) is 9.08. The predicted octanol–water partition coefficient (Wildman–Crippen LogP) is 2.41. The number of carbonyl (C=O) groups excluding carboxylic acids is 2. The van der Waals surface area contributed by atoms with Crippen LogP contribution in [-0.2, 0) is 30.3 Å². The minimum absolute atomic E-state index is 0.185. The summed E-state index contributed by atoms with van der Waals surface area (Å²) in [4.78, 5) is 46.5. The first-order chi connectivity index (χ1) is 15.2. The Morgan fingerprint density at radius 1 is 1.16 bits per heavy atom. The van der Waals surface area contributed by atoms with Crippen LogP contribution in [0.4, 0.5) is 4.79 Å². The number of rotatable bonds is 10. The van der Waals surface area contributed by atoms with E-state index in [4.69, 9.17) is 24.4 Å². The van der Waals surface area contributed by atoms with Crippen molar-refractivity contribution in [3.05, 3.63) is 47.9 Å². The van der Waals surface area contributed by atoms with E-state index in [-0.39, 0.29) is 6.61 Å². The molecule has 174 valence electrons. The summed E-state index contributed by atoms with van der Waals surface area (Å²) in [6.45, 7) is 4.38. The van der Waals surface area contributed by atoms with Crippen LogP contribution in [-0.4, -0.2) is 63.3 Å². The molecule has 13 heteroatoms. The van der Waals surface area contributed by atoms with Crippen LogP contribution < -0.4 is 4.74 Å². The summed E-state index contributed by atoms with van der Waals surface area (Å²) in [6.07, 6.45) is 4.43. The Labute approximate surface area is 186 Å². The molecule has 0 saturated carbocycles. The fraction of sp³-hybridized carbons (Fsp3) is 0.316. The zero-order valence-corrected chi connectivity index (χ0v) is 18.0. The minimum atomic E-state index is -1.26. The number of ether oxygens (including phenoxy) is 4. The Hall–Kier alpha value is -3.87. The van der Waals surface area contributed by atoms with Crippen LogP contribution >= 0.6 is 11.3 Å². The normalized spacial score (nSPS) is 11.1. The summed E-state index contributed by atoms with van der Waals surface area (Å²) >= 11 is 1.16. The van der Waals surface area contributed by atoms with Gasteiger partial charge in [-0.2, -0.15) is 0 Å².